The molecule has 2 saturated heterocycles. The molecule has 1 aromatic rings. The van der Waals surface area contributed by atoms with Crippen molar-refractivity contribution in [1.29, 1.82) is 0 Å². The summed E-state index contributed by atoms with van der Waals surface area (Å²) in [5.74, 6) is -0.0183. The van der Waals surface area contributed by atoms with Gasteiger partial charge in [-0.05, 0) is 38.0 Å². The van der Waals surface area contributed by atoms with E-state index in [2.05, 4.69) is 5.32 Å². The summed E-state index contributed by atoms with van der Waals surface area (Å²) in [6.07, 6.45) is 1.27. The number of fused-ring (bicyclic) bond motifs is 1. The zero-order valence-corrected chi connectivity index (χ0v) is 12.8. The Balaban J connectivity index is 1.80. The molecule has 0 saturated carbocycles. The standard InChI is InChI=1S/C15H17FN2O2S/c1-9-3-4-10(16)7-11(9)17-14(20)12-8-21-15(2)6-5-13(19)18(12)15/h3-4,7,12H,5-6,8H2,1-2H3,(H,17,20)/t12-,15+/m0/s1. The van der Waals surface area contributed by atoms with Crippen LogP contribution in [0.3, 0.4) is 0 Å². The third-order valence-electron chi connectivity index (χ3n) is 4.20. The molecule has 2 heterocycles. The van der Waals surface area contributed by atoms with Crippen molar-refractivity contribution in [2.45, 2.75) is 37.6 Å². The summed E-state index contributed by atoms with van der Waals surface area (Å²) in [5, 5.41) is 2.76. The van der Waals surface area contributed by atoms with Crippen LogP contribution in [-0.2, 0) is 9.59 Å². The van der Waals surface area contributed by atoms with Gasteiger partial charge in [-0.25, -0.2) is 4.39 Å². The van der Waals surface area contributed by atoms with E-state index in [0.717, 1.165) is 12.0 Å². The molecule has 4 nitrogen and oxygen atoms in total. The van der Waals surface area contributed by atoms with Crippen LogP contribution < -0.4 is 5.32 Å². The average molecular weight is 308 g/mol. The van der Waals surface area contributed by atoms with Gasteiger partial charge in [0.2, 0.25) is 11.8 Å². The van der Waals surface area contributed by atoms with Crippen molar-refractivity contribution in [3.05, 3.63) is 29.6 Å². The van der Waals surface area contributed by atoms with Gasteiger partial charge in [-0.1, -0.05) is 6.07 Å². The second-order valence-electron chi connectivity index (χ2n) is 5.71. The molecule has 2 aliphatic rings. The van der Waals surface area contributed by atoms with Gasteiger partial charge in [-0.15, -0.1) is 11.8 Å². The summed E-state index contributed by atoms with van der Waals surface area (Å²) in [4.78, 5) is 25.9. The van der Waals surface area contributed by atoms with Crippen molar-refractivity contribution in [3.63, 3.8) is 0 Å². The summed E-state index contributed by atoms with van der Waals surface area (Å²) in [6, 6.07) is 3.81. The Hall–Kier alpha value is -1.56. The lowest BCUT2D eigenvalue weighted by atomic mass is 10.1. The van der Waals surface area contributed by atoms with Crippen LogP contribution in [0.1, 0.15) is 25.3 Å². The first-order valence-corrected chi connectivity index (χ1v) is 7.92. The number of amides is 2. The predicted octanol–water partition coefficient (Wildman–Crippen LogP) is 2.53. The highest BCUT2D eigenvalue weighted by molar-refractivity contribution is 8.01. The number of nitrogens with zero attached hydrogens (tertiary/aromatic N) is 1. The Labute approximate surface area is 127 Å². The minimum atomic E-state index is -0.474. The molecule has 2 fully saturated rings. The Morgan fingerprint density at radius 3 is 3.05 bits per heavy atom. The Kier molecular flexibility index (Phi) is 3.43. The van der Waals surface area contributed by atoms with Gasteiger partial charge in [-0.3, -0.25) is 9.59 Å². The van der Waals surface area contributed by atoms with Crippen LogP contribution in [-0.4, -0.2) is 33.4 Å². The molecule has 0 bridgehead atoms. The molecule has 0 aromatic heterocycles. The highest BCUT2D eigenvalue weighted by atomic mass is 32.2. The number of anilines is 1. The van der Waals surface area contributed by atoms with Gasteiger partial charge in [0.15, 0.2) is 0 Å². The SMILES string of the molecule is Cc1ccc(F)cc1NC(=O)[C@@H]1CS[C@]2(C)CCC(=O)N12. The van der Waals surface area contributed by atoms with Crippen LogP contribution in [0.4, 0.5) is 10.1 Å². The summed E-state index contributed by atoms with van der Waals surface area (Å²) < 4.78 is 13.3. The van der Waals surface area contributed by atoms with E-state index in [0.29, 0.717) is 17.9 Å². The topological polar surface area (TPSA) is 49.4 Å². The number of benzene rings is 1. The summed E-state index contributed by atoms with van der Waals surface area (Å²) in [6.45, 7) is 3.81. The predicted molar refractivity (Wildman–Crippen MR) is 80.5 cm³/mol. The average Bonchev–Trinajstić information content (AvgIpc) is 2.91. The van der Waals surface area contributed by atoms with Crippen LogP contribution >= 0.6 is 11.8 Å². The number of halogens is 1. The fourth-order valence-corrected chi connectivity index (χ4v) is 4.39. The van der Waals surface area contributed by atoms with E-state index >= 15 is 0 Å². The number of carbonyl (C=O) groups is 2. The second kappa shape index (κ2) is 5.02. The fourth-order valence-electron chi connectivity index (χ4n) is 2.96. The second-order valence-corrected chi connectivity index (χ2v) is 7.22. The lowest BCUT2D eigenvalue weighted by Crippen LogP contribution is -2.48. The normalized spacial score (nSPS) is 27.9. The van der Waals surface area contributed by atoms with E-state index in [1.54, 1.807) is 22.7 Å². The number of hydrogen-bond acceptors (Lipinski definition) is 3. The van der Waals surface area contributed by atoms with Crippen molar-refractivity contribution in [3.8, 4) is 0 Å². The fraction of sp³-hybridized carbons (Fsp3) is 0.467. The zero-order chi connectivity index (χ0) is 15.2. The molecule has 2 atom stereocenters. The summed E-state index contributed by atoms with van der Waals surface area (Å²) >= 11 is 1.64. The van der Waals surface area contributed by atoms with E-state index in [9.17, 15) is 14.0 Å². The number of nitrogens with one attached hydrogen (secondary N) is 1. The summed E-state index contributed by atoms with van der Waals surface area (Å²) in [7, 11) is 0. The molecule has 112 valence electrons. The Morgan fingerprint density at radius 2 is 2.29 bits per heavy atom. The van der Waals surface area contributed by atoms with E-state index in [1.165, 1.54) is 12.1 Å². The number of carbonyl (C=O) groups excluding carboxylic acids is 2. The van der Waals surface area contributed by atoms with Crippen molar-refractivity contribution in [2.75, 3.05) is 11.1 Å². The van der Waals surface area contributed by atoms with Crippen LogP contribution in [0.25, 0.3) is 0 Å². The van der Waals surface area contributed by atoms with Crippen molar-refractivity contribution < 1.29 is 14.0 Å². The first-order chi connectivity index (χ1) is 9.90. The highest BCUT2D eigenvalue weighted by Gasteiger charge is 2.52. The molecular formula is C15H17FN2O2S. The van der Waals surface area contributed by atoms with E-state index in [4.69, 9.17) is 0 Å². The highest BCUT2D eigenvalue weighted by Crippen LogP contribution is 2.47. The van der Waals surface area contributed by atoms with Gasteiger partial charge >= 0.3 is 0 Å². The molecule has 3 rings (SSSR count). The first kappa shape index (κ1) is 14.4. The number of thioether (sulfide) groups is 1. The minimum Gasteiger partial charge on any atom is -0.324 e. The molecule has 21 heavy (non-hydrogen) atoms. The van der Waals surface area contributed by atoms with Gasteiger partial charge in [0.25, 0.3) is 0 Å². The molecule has 0 spiro atoms. The van der Waals surface area contributed by atoms with E-state index in [1.807, 2.05) is 13.8 Å². The maximum atomic E-state index is 13.3. The molecule has 0 unspecified atom stereocenters. The smallest absolute Gasteiger partial charge is 0.248 e. The first-order valence-electron chi connectivity index (χ1n) is 6.94. The molecule has 2 amide bonds. The number of hydrogen-bond donors (Lipinski definition) is 1. The van der Waals surface area contributed by atoms with Crippen LogP contribution in [0, 0.1) is 12.7 Å². The molecule has 6 heteroatoms. The molecular weight excluding hydrogens is 291 g/mol. The van der Waals surface area contributed by atoms with Crippen LogP contribution in [0.5, 0.6) is 0 Å². The lowest BCUT2D eigenvalue weighted by Gasteiger charge is -2.30. The number of aryl methyl sites for hydroxylation is 1. The van der Waals surface area contributed by atoms with Crippen molar-refractivity contribution in [2.24, 2.45) is 0 Å². The summed E-state index contributed by atoms with van der Waals surface area (Å²) in [5.41, 5.74) is 1.26. The van der Waals surface area contributed by atoms with Gasteiger partial charge < -0.3 is 10.2 Å². The van der Waals surface area contributed by atoms with Crippen LogP contribution in [0.2, 0.25) is 0 Å². The maximum Gasteiger partial charge on any atom is 0.248 e. The van der Waals surface area contributed by atoms with Gasteiger partial charge in [-0.2, -0.15) is 0 Å². The quantitative estimate of drug-likeness (QED) is 0.913. The van der Waals surface area contributed by atoms with Gasteiger partial charge in [0.1, 0.15) is 11.9 Å². The zero-order valence-electron chi connectivity index (χ0n) is 12.0. The van der Waals surface area contributed by atoms with Crippen molar-refractivity contribution >= 4 is 29.3 Å². The third kappa shape index (κ3) is 2.41. The lowest BCUT2D eigenvalue weighted by molar-refractivity contribution is -0.135. The Bertz CT molecular complexity index is 622. The van der Waals surface area contributed by atoms with E-state index < -0.39 is 11.9 Å². The van der Waals surface area contributed by atoms with E-state index in [-0.39, 0.29) is 16.7 Å². The molecule has 0 radical (unpaired) electrons. The largest absolute Gasteiger partial charge is 0.324 e. The van der Waals surface area contributed by atoms with Crippen molar-refractivity contribution in [1.82, 2.24) is 4.90 Å². The molecule has 1 aromatic carbocycles. The minimum absolute atomic E-state index is 0.0265. The molecule has 2 aliphatic heterocycles. The third-order valence-corrected chi connectivity index (χ3v) is 5.71. The molecule has 0 aliphatic carbocycles. The van der Waals surface area contributed by atoms with Gasteiger partial charge in [0, 0.05) is 17.9 Å². The Morgan fingerprint density at radius 1 is 1.52 bits per heavy atom. The van der Waals surface area contributed by atoms with Gasteiger partial charge in [0.05, 0.1) is 4.87 Å². The number of rotatable bonds is 2. The molecule has 1 N–H and O–H groups in total. The van der Waals surface area contributed by atoms with Crippen LogP contribution in [0.15, 0.2) is 18.2 Å². The maximum absolute atomic E-state index is 13.3. The monoisotopic (exact) mass is 308 g/mol.